The lowest BCUT2D eigenvalue weighted by atomic mass is 9.85. The predicted molar refractivity (Wildman–Crippen MR) is 109 cm³/mol. The molecule has 0 aromatic carbocycles. The molecule has 3 aliphatic rings. The van der Waals surface area contributed by atoms with Crippen LogP contribution in [0.15, 0.2) is 34.6 Å². The van der Waals surface area contributed by atoms with E-state index in [0.29, 0.717) is 30.4 Å². The second-order valence-corrected chi connectivity index (χ2v) is 8.50. The molecule has 2 bridgehead atoms. The van der Waals surface area contributed by atoms with Crippen LogP contribution in [0.25, 0.3) is 0 Å². The normalized spacial score (nSPS) is 34.7. The van der Waals surface area contributed by atoms with E-state index < -0.39 is 35.4 Å². The van der Waals surface area contributed by atoms with Gasteiger partial charge >= 0.3 is 17.9 Å². The second kappa shape index (κ2) is 8.59. The minimum atomic E-state index is -0.856. The van der Waals surface area contributed by atoms with E-state index in [1.54, 1.807) is 33.1 Å². The lowest BCUT2D eigenvalue weighted by molar-refractivity contribution is -0.255. The van der Waals surface area contributed by atoms with Gasteiger partial charge in [-0.3, -0.25) is 4.79 Å². The zero-order valence-electron chi connectivity index (χ0n) is 18.9. The van der Waals surface area contributed by atoms with Gasteiger partial charge in [-0.1, -0.05) is 13.0 Å². The number of esters is 3. The Morgan fingerprint density at radius 1 is 1.29 bits per heavy atom. The number of hydrogen-bond donors (Lipinski definition) is 0. The first-order valence-corrected chi connectivity index (χ1v) is 10.4. The van der Waals surface area contributed by atoms with Crippen LogP contribution in [0.5, 0.6) is 0 Å². The number of fused-ring (bicyclic) bond motifs is 3. The summed E-state index contributed by atoms with van der Waals surface area (Å²) in [4.78, 5) is 36.7. The van der Waals surface area contributed by atoms with Crippen LogP contribution in [0, 0.1) is 5.92 Å². The first-order valence-electron chi connectivity index (χ1n) is 10.4. The molecular formula is C23H30O8. The van der Waals surface area contributed by atoms with Crippen molar-refractivity contribution in [1.82, 2.24) is 0 Å². The standard InChI is InChI=1S/C23H30O8/c1-7-13(2)20(25)29-17-10-14(3)23(27-6)9-8-22(5,31-23)11-18-19(17)16(21(26)30-18)12-28-15(4)24/h7,11,14,17H,8-10,12H2,1-6H3/b13-7-,18-11+/t14-,17+,22-,23+/m1/s1. The molecule has 1 saturated heterocycles. The van der Waals surface area contributed by atoms with Gasteiger partial charge in [-0.25, -0.2) is 9.59 Å². The molecule has 0 saturated carbocycles. The maximum atomic E-state index is 12.7. The average molecular weight is 434 g/mol. The fourth-order valence-electron chi connectivity index (χ4n) is 4.30. The van der Waals surface area contributed by atoms with Crippen molar-refractivity contribution < 1.29 is 38.1 Å². The van der Waals surface area contributed by atoms with Crippen molar-refractivity contribution in [3.63, 3.8) is 0 Å². The highest BCUT2D eigenvalue weighted by atomic mass is 16.7. The molecule has 170 valence electrons. The smallest absolute Gasteiger partial charge is 0.343 e. The van der Waals surface area contributed by atoms with Crippen molar-refractivity contribution in [3.05, 3.63) is 34.6 Å². The van der Waals surface area contributed by atoms with Crippen molar-refractivity contribution in [2.75, 3.05) is 13.7 Å². The van der Waals surface area contributed by atoms with E-state index in [1.807, 2.05) is 13.8 Å². The van der Waals surface area contributed by atoms with Crippen molar-refractivity contribution in [2.45, 2.75) is 71.4 Å². The number of allylic oxidation sites excluding steroid dienone is 1. The highest BCUT2D eigenvalue weighted by Crippen LogP contribution is 2.49. The molecule has 0 spiro atoms. The summed E-state index contributed by atoms with van der Waals surface area (Å²) < 4.78 is 28.7. The Kier molecular flexibility index (Phi) is 6.43. The molecule has 3 rings (SSSR count). The summed E-state index contributed by atoms with van der Waals surface area (Å²) in [5.41, 5.74) is 0.285. The molecule has 0 N–H and O–H groups in total. The number of hydrogen-bond acceptors (Lipinski definition) is 8. The summed E-state index contributed by atoms with van der Waals surface area (Å²) in [6.45, 7) is 8.27. The SMILES string of the molecule is C/C=C(/C)C(=O)O[C@H]1C[C@@H](C)[C@]2(OC)CC[C@](C)(/C=C3/OC(=O)C(COC(C)=O)=C31)O2. The Bertz CT molecular complexity index is 882. The van der Waals surface area contributed by atoms with Gasteiger partial charge in [0.25, 0.3) is 0 Å². The number of carbonyl (C=O) groups excluding carboxylic acids is 3. The largest absolute Gasteiger partial charge is 0.461 e. The summed E-state index contributed by atoms with van der Waals surface area (Å²) in [7, 11) is 1.60. The third-order valence-corrected chi connectivity index (χ3v) is 6.26. The van der Waals surface area contributed by atoms with Crippen molar-refractivity contribution in [1.29, 1.82) is 0 Å². The minimum Gasteiger partial charge on any atom is -0.461 e. The third kappa shape index (κ3) is 4.45. The predicted octanol–water partition coefficient (Wildman–Crippen LogP) is 3.12. The van der Waals surface area contributed by atoms with Gasteiger partial charge in [-0.05, 0) is 39.7 Å². The van der Waals surface area contributed by atoms with Crippen molar-refractivity contribution >= 4 is 17.9 Å². The number of methoxy groups -OCH3 is 1. The van der Waals surface area contributed by atoms with E-state index in [9.17, 15) is 14.4 Å². The Balaban J connectivity index is 2.13. The van der Waals surface area contributed by atoms with Crippen LogP contribution in [-0.2, 0) is 38.1 Å². The Morgan fingerprint density at radius 3 is 2.61 bits per heavy atom. The summed E-state index contributed by atoms with van der Waals surface area (Å²) >= 11 is 0. The molecule has 0 aromatic heterocycles. The molecule has 0 amide bonds. The van der Waals surface area contributed by atoms with Gasteiger partial charge in [0.15, 0.2) is 5.79 Å². The molecule has 4 atom stereocenters. The van der Waals surface area contributed by atoms with Gasteiger partial charge < -0.3 is 23.7 Å². The molecule has 3 aliphatic heterocycles. The van der Waals surface area contributed by atoms with Crippen LogP contribution in [0.4, 0.5) is 0 Å². The van der Waals surface area contributed by atoms with Crippen molar-refractivity contribution in [2.24, 2.45) is 5.92 Å². The lowest BCUT2D eigenvalue weighted by Crippen LogP contribution is -2.42. The van der Waals surface area contributed by atoms with Crippen LogP contribution in [0.3, 0.4) is 0 Å². The highest BCUT2D eigenvalue weighted by molar-refractivity contribution is 5.96. The van der Waals surface area contributed by atoms with E-state index in [0.717, 1.165) is 0 Å². The fourth-order valence-corrected chi connectivity index (χ4v) is 4.30. The Hall–Kier alpha value is -2.45. The zero-order valence-corrected chi connectivity index (χ0v) is 18.9. The summed E-state index contributed by atoms with van der Waals surface area (Å²) in [5.74, 6) is -2.41. The molecule has 1 fully saturated rings. The quantitative estimate of drug-likeness (QED) is 0.370. The number of ether oxygens (including phenoxy) is 5. The van der Waals surface area contributed by atoms with Crippen LogP contribution < -0.4 is 0 Å². The third-order valence-electron chi connectivity index (χ3n) is 6.26. The molecular weight excluding hydrogens is 404 g/mol. The topological polar surface area (TPSA) is 97.4 Å². The highest BCUT2D eigenvalue weighted by Gasteiger charge is 2.53. The minimum absolute atomic E-state index is 0.164. The first kappa shape index (κ1) is 23.2. The summed E-state index contributed by atoms with van der Waals surface area (Å²) in [5, 5.41) is 0. The fraction of sp³-hybridized carbons (Fsp3) is 0.609. The number of rotatable bonds is 5. The zero-order chi connectivity index (χ0) is 23.0. The molecule has 8 heteroatoms. The Labute approximate surface area is 182 Å². The lowest BCUT2D eigenvalue weighted by Gasteiger charge is -2.36. The van der Waals surface area contributed by atoms with Crippen LogP contribution in [0.2, 0.25) is 0 Å². The average Bonchev–Trinajstić information content (AvgIpc) is 3.22. The van der Waals surface area contributed by atoms with Crippen LogP contribution in [-0.4, -0.2) is 49.1 Å². The molecule has 3 heterocycles. The molecule has 0 aromatic rings. The number of carbonyl (C=O) groups is 3. The van der Waals surface area contributed by atoms with E-state index in [-0.39, 0.29) is 23.9 Å². The van der Waals surface area contributed by atoms with Gasteiger partial charge in [0.05, 0.1) is 11.2 Å². The van der Waals surface area contributed by atoms with Crippen molar-refractivity contribution in [3.8, 4) is 0 Å². The summed E-state index contributed by atoms with van der Waals surface area (Å²) in [6, 6.07) is 0. The molecule has 0 unspecified atom stereocenters. The monoisotopic (exact) mass is 434 g/mol. The van der Waals surface area contributed by atoms with Gasteiger partial charge in [0.1, 0.15) is 18.5 Å². The molecule has 8 nitrogen and oxygen atoms in total. The second-order valence-electron chi connectivity index (χ2n) is 8.50. The van der Waals surface area contributed by atoms with E-state index >= 15 is 0 Å². The molecule has 0 aliphatic carbocycles. The van der Waals surface area contributed by atoms with E-state index in [2.05, 4.69) is 0 Å². The van der Waals surface area contributed by atoms with E-state index in [4.69, 9.17) is 23.7 Å². The molecule has 0 radical (unpaired) electrons. The Morgan fingerprint density at radius 2 is 2.00 bits per heavy atom. The summed E-state index contributed by atoms with van der Waals surface area (Å²) in [6.07, 6.45) is 4.24. The van der Waals surface area contributed by atoms with Gasteiger partial charge in [0.2, 0.25) is 0 Å². The van der Waals surface area contributed by atoms with E-state index in [1.165, 1.54) is 6.92 Å². The van der Waals surface area contributed by atoms with Crippen LogP contribution >= 0.6 is 0 Å². The van der Waals surface area contributed by atoms with Crippen LogP contribution in [0.1, 0.15) is 53.9 Å². The van der Waals surface area contributed by atoms with Gasteiger partial charge in [0, 0.05) is 37.5 Å². The first-order chi connectivity index (χ1) is 14.5. The maximum absolute atomic E-state index is 12.7. The van der Waals surface area contributed by atoms with Gasteiger partial charge in [-0.15, -0.1) is 0 Å². The molecule has 31 heavy (non-hydrogen) atoms. The maximum Gasteiger partial charge on any atom is 0.343 e. The van der Waals surface area contributed by atoms with Gasteiger partial charge in [-0.2, -0.15) is 0 Å².